The lowest BCUT2D eigenvalue weighted by Crippen LogP contribution is -2.17. The van der Waals surface area contributed by atoms with E-state index in [0.29, 0.717) is 24.4 Å². The molecule has 4 heteroatoms. The van der Waals surface area contributed by atoms with Crippen LogP contribution in [0, 0.1) is 5.92 Å². The fraction of sp³-hybridized carbons (Fsp3) is 0.462. The molecule has 17 heavy (non-hydrogen) atoms. The molecule has 1 aromatic carbocycles. The lowest BCUT2D eigenvalue weighted by molar-refractivity contribution is -0.142. The first kappa shape index (κ1) is 14.0. The Morgan fingerprint density at radius 1 is 1.35 bits per heavy atom. The van der Waals surface area contributed by atoms with E-state index < -0.39 is 5.97 Å². The Morgan fingerprint density at radius 3 is 2.65 bits per heavy atom. The monoisotopic (exact) mass is 255 g/mol. The summed E-state index contributed by atoms with van der Waals surface area (Å²) in [4.78, 5) is 11.1. The van der Waals surface area contributed by atoms with Gasteiger partial charge in [0.15, 0.2) is 0 Å². The van der Waals surface area contributed by atoms with E-state index >= 15 is 0 Å². The zero-order valence-corrected chi connectivity index (χ0v) is 10.5. The molecule has 1 rings (SSSR count). The first-order valence-electron chi connectivity index (χ1n) is 5.81. The van der Waals surface area contributed by atoms with Crippen LogP contribution in [0.3, 0.4) is 0 Å². The minimum absolute atomic E-state index is 0.374. The van der Waals surface area contributed by atoms with Gasteiger partial charge in [-0.05, 0) is 37.4 Å². The minimum atomic E-state index is -0.762. The summed E-state index contributed by atoms with van der Waals surface area (Å²) in [6.45, 7) is 0.610. The maximum absolute atomic E-state index is 11.1. The van der Waals surface area contributed by atoms with E-state index in [2.05, 4.69) is 0 Å². The maximum Gasteiger partial charge on any atom is 0.306 e. The number of hydrogen-bond donors (Lipinski definition) is 2. The lowest BCUT2D eigenvalue weighted by atomic mass is 9.94. The molecule has 0 fully saturated rings. The summed E-state index contributed by atoms with van der Waals surface area (Å²) in [5.41, 5.74) is 6.30. The summed E-state index contributed by atoms with van der Waals surface area (Å²) >= 11 is 6.02. The Bertz CT molecular complexity index is 368. The van der Waals surface area contributed by atoms with Crippen molar-refractivity contribution in [3.8, 4) is 0 Å². The Morgan fingerprint density at radius 2 is 2.06 bits per heavy atom. The van der Waals surface area contributed by atoms with Gasteiger partial charge < -0.3 is 10.8 Å². The van der Waals surface area contributed by atoms with E-state index in [0.717, 1.165) is 18.4 Å². The largest absolute Gasteiger partial charge is 0.481 e. The van der Waals surface area contributed by atoms with E-state index in [1.807, 2.05) is 18.2 Å². The van der Waals surface area contributed by atoms with Crippen LogP contribution in [0.25, 0.3) is 0 Å². The first-order valence-corrected chi connectivity index (χ1v) is 6.19. The van der Waals surface area contributed by atoms with Gasteiger partial charge in [0, 0.05) is 5.02 Å². The molecule has 0 radical (unpaired) electrons. The molecule has 0 amide bonds. The average molecular weight is 256 g/mol. The normalized spacial score (nSPS) is 12.4. The van der Waals surface area contributed by atoms with Crippen molar-refractivity contribution in [1.29, 1.82) is 0 Å². The van der Waals surface area contributed by atoms with Crippen LogP contribution >= 0.6 is 11.6 Å². The van der Waals surface area contributed by atoms with Crippen LogP contribution in [-0.2, 0) is 11.2 Å². The summed E-state index contributed by atoms with van der Waals surface area (Å²) in [6, 6.07) is 7.38. The zero-order chi connectivity index (χ0) is 12.7. The van der Waals surface area contributed by atoms with Crippen molar-refractivity contribution in [3.63, 3.8) is 0 Å². The third-order valence-electron chi connectivity index (χ3n) is 2.78. The number of carbonyl (C=O) groups is 1. The molecule has 0 aliphatic heterocycles. The molecule has 0 aromatic heterocycles. The van der Waals surface area contributed by atoms with Crippen molar-refractivity contribution in [2.24, 2.45) is 11.7 Å². The summed E-state index contributed by atoms with van der Waals surface area (Å²) < 4.78 is 0. The molecule has 1 atom stereocenters. The number of aliphatic carboxylic acids is 1. The topological polar surface area (TPSA) is 63.3 Å². The molecule has 0 saturated heterocycles. The number of unbranched alkanes of at least 4 members (excludes halogenated alkanes) is 1. The molecule has 0 bridgehead atoms. The highest BCUT2D eigenvalue weighted by molar-refractivity contribution is 6.31. The number of hydrogen-bond acceptors (Lipinski definition) is 2. The van der Waals surface area contributed by atoms with Gasteiger partial charge in [-0.3, -0.25) is 4.79 Å². The van der Waals surface area contributed by atoms with Crippen LogP contribution in [0.4, 0.5) is 0 Å². The minimum Gasteiger partial charge on any atom is -0.481 e. The van der Waals surface area contributed by atoms with Crippen molar-refractivity contribution in [2.45, 2.75) is 25.7 Å². The molecule has 1 aromatic rings. The van der Waals surface area contributed by atoms with E-state index in [1.165, 1.54) is 0 Å². The Labute approximate surface area is 107 Å². The van der Waals surface area contributed by atoms with Crippen molar-refractivity contribution >= 4 is 17.6 Å². The number of benzene rings is 1. The zero-order valence-electron chi connectivity index (χ0n) is 9.73. The predicted octanol–water partition coefficient (Wildman–Crippen LogP) is 2.71. The second-order valence-corrected chi connectivity index (χ2v) is 4.52. The van der Waals surface area contributed by atoms with Gasteiger partial charge in [-0.2, -0.15) is 0 Å². The standard InChI is InChI=1S/C13H18ClNO2/c14-12-7-2-1-5-10(12)9-11(13(16)17)6-3-4-8-15/h1-2,5,7,11H,3-4,6,8-9,15H2,(H,16,17). The van der Waals surface area contributed by atoms with Crippen molar-refractivity contribution in [2.75, 3.05) is 6.54 Å². The third kappa shape index (κ3) is 4.75. The van der Waals surface area contributed by atoms with Gasteiger partial charge in [-0.1, -0.05) is 36.2 Å². The SMILES string of the molecule is NCCCCC(Cc1ccccc1Cl)C(=O)O. The fourth-order valence-corrected chi connectivity index (χ4v) is 1.99. The second-order valence-electron chi connectivity index (χ2n) is 4.12. The highest BCUT2D eigenvalue weighted by atomic mass is 35.5. The Hall–Kier alpha value is -1.06. The molecule has 3 N–H and O–H groups in total. The molecule has 0 aliphatic carbocycles. The first-order chi connectivity index (χ1) is 8.15. The molecule has 3 nitrogen and oxygen atoms in total. The van der Waals surface area contributed by atoms with Crippen LogP contribution in [0.1, 0.15) is 24.8 Å². The molecule has 0 aliphatic rings. The van der Waals surface area contributed by atoms with Crippen LogP contribution in [0.5, 0.6) is 0 Å². The summed E-state index contributed by atoms with van der Waals surface area (Å²) in [5.74, 6) is -1.14. The molecular formula is C13H18ClNO2. The van der Waals surface area contributed by atoms with Gasteiger partial charge >= 0.3 is 5.97 Å². The summed E-state index contributed by atoms with van der Waals surface area (Å²) in [5, 5.41) is 9.79. The van der Waals surface area contributed by atoms with Gasteiger partial charge in [0.2, 0.25) is 0 Å². The Balaban J connectivity index is 2.61. The van der Waals surface area contributed by atoms with Crippen molar-refractivity contribution < 1.29 is 9.90 Å². The third-order valence-corrected chi connectivity index (χ3v) is 3.15. The average Bonchev–Trinajstić information content (AvgIpc) is 2.30. The van der Waals surface area contributed by atoms with Crippen molar-refractivity contribution in [1.82, 2.24) is 0 Å². The molecule has 0 spiro atoms. The number of nitrogens with two attached hydrogens (primary N) is 1. The molecule has 0 saturated carbocycles. The quantitative estimate of drug-likeness (QED) is 0.737. The van der Waals surface area contributed by atoms with Gasteiger partial charge in [-0.15, -0.1) is 0 Å². The van der Waals surface area contributed by atoms with Crippen LogP contribution < -0.4 is 5.73 Å². The van der Waals surface area contributed by atoms with Crippen molar-refractivity contribution in [3.05, 3.63) is 34.9 Å². The van der Waals surface area contributed by atoms with Crippen LogP contribution in [0.15, 0.2) is 24.3 Å². The molecule has 94 valence electrons. The highest BCUT2D eigenvalue weighted by Gasteiger charge is 2.18. The van der Waals surface area contributed by atoms with Gasteiger partial charge in [0.1, 0.15) is 0 Å². The van der Waals surface area contributed by atoms with E-state index in [-0.39, 0.29) is 5.92 Å². The Kier molecular flexibility index (Phi) is 6.01. The van der Waals surface area contributed by atoms with E-state index in [1.54, 1.807) is 6.07 Å². The fourth-order valence-electron chi connectivity index (χ4n) is 1.78. The number of carboxylic acid groups (broad SMARTS) is 1. The predicted molar refractivity (Wildman–Crippen MR) is 69.2 cm³/mol. The number of rotatable bonds is 7. The maximum atomic E-state index is 11.1. The van der Waals surface area contributed by atoms with Crippen LogP contribution in [-0.4, -0.2) is 17.6 Å². The number of carboxylic acids is 1. The van der Waals surface area contributed by atoms with Gasteiger partial charge in [0.05, 0.1) is 5.92 Å². The van der Waals surface area contributed by atoms with E-state index in [9.17, 15) is 4.79 Å². The molecule has 0 heterocycles. The molecule has 1 unspecified atom stereocenters. The highest BCUT2D eigenvalue weighted by Crippen LogP contribution is 2.21. The van der Waals surface area contributed by atoms with Gasteiger partial charge in [0.25, 0.3) is 0 Å². The summed E-state index contributed by atoms with van der Waals surface area (Å²) in [7, 11) is 0. The lowest BCUT2D eigenvalue weighted by Gasteiger charge is -2.13. The summed E-state index contributed by atoms with van der Waals surface area (Å²) in [6.07, 6.45) is 2.85. The van der Waals surface area contributed by atoms with Crippen LogP contribution in [0.2, 0.25) is 5.02 Å². The van der Waals surface area contributed by atoms with Gasteiger partial charge in [-0.25, -0.2) is 0 Å². The second kappa shape index (κ2) is 7.30. The number of halogens is 1. The van der Waals surface area contributed by atoms with E-state index in [4.69, 9.17) is 22.4 Å². The smallest absolute Gasteiger partial charge is 0.306 e. The molecular weight excluding hydrogens is 238 g/mol.